The van der Waals surface area contributed by atoms with Crippen LogP contribution in [-0.2, 0) is 0 Å². The molecule has 1 fully saturated rings. The quantitative estimate of drug-likeness (QED) is 0.710. The van der Waals surface area contributed by atoms with Crippen LogP contribution in [0.5, 0.6) is 0 Å². The topological polar surface area (TPSA) is 20.3 Å². The number of carbonyl (C=O) groups is 1. The first-order valence-electron chi connectivity index (χ1n) is 7.70. The molecule has 0 aromatic heterocycles. The summed E-state index contributed by atoms with van der Waals surface area (Å²) in [6, 6.07) is 7.67. The number of hydrogen-bond acceptors (Lipinski definition) is 2. The van der Waals surface area contributed by atoms with Crippen LogP contribution in [0.25, 0.3) is 0 Å². The number of carbonyl (C=O) groups excluding carboxylic acids is 1. The average molecular weight is 338 g/mol. The molecule has 1 aromatic carbocycles. The summed E-state index contributed by atoms with van der Waals surface area (Å²) >= 11 is 3.39. The number of hydrogen-bond donors (Lipinski definition) is 0. The molecule has 0 aliphatic carbocycles. The number of Topliss-reactive ketones (excluding diaryl/α,β-unsaturated/α-hetero) is 1. The summed E-state index contributed by atoms with van der Waals surface area (Å²) in [7, 11) is 0. The van der Waals surface area contributed by atoms with Crippen LogP contribution in [-0.4, -0.2) is 30.3 Å². The first-order valence-corrected chi connectivity index (χ1v) is 8.49. The zero-order valence-corrected chi connectivity index (χ0v) is 13.9. The van der Waals surface area contributed by atoms with Crippen molar-refractivity contribution in [2.45, 2.75) is 39.0 Å². The summed E-state index contributed by atoms with van der Waals surface area (Å²) in [6.07, 6.45) is 5.62. The third kappa shape index (κ3) is 4.71. The molecule has 110 valence electrons. The largest absolute Gasteiger partial charge is 0.303 e. The van der Waals surface area contributed by atoms with Gasteiger partial charge in [-0.1, -0.05) is 41.4 Å². The Balaban J connectivity index is 1.72. The van der Waals surface area contributed by atoms with Gasteiger partial charge in [-0.05, 0) is 50.4 Å². The molecule has 0 bridgehead atoms. The third-order valence-electron chi connectivity index (χ3n) is 4.22. The van der Waals surface area contributed by atoms with E-state index in [-0.39, 0.29) is 5.78 Å². The Morgan fingerprint density at radius 2 is 2.10 bits per heavy atom. The zero-order chi connectivity index (χ0) is 14.4. The lowest BCUT2D eigenvalue weighted by molar-refractivity contribution is 0.0969. The fourth-order valence-electron chi connectivity index (χ4n) is 2.93. The summed E-state index contributed by atoms with van der Waals surface area (Å²) in [5.41, 5.74) is 0.832. The Bertz CT molecular complexity index is 429. The van der Waals surface area contributed by atoms with Crippen LogP contribution in [0.4, 0.5) is 0 Å². The first-order chi connectivity index (χ1) is 9.69. The van der Waals surface area contributed by atoms with Crippen LogP contribution >= 0.6 is 15.9 Å². The molecular formula is C17H24BrNO. The minimum Gasteiger partial charge on any atom is -0.303 e. The van der Waals surface area contributed by atoms with Gasteiger partial charge < -0.3 is 4.90 Å². The Labute approximate surface area is 130 Å². The molecule has 0 spiro atoms. The van der Waals surface area contributed by atoms with Crippen molar-refractivity contribution in [3.8, 4) is 0 Å². The van der Waals surface area contributed by atoms with E-state index in [1.165, 1.54) is 32.4 Å². The zero-order valence-electron chi connectivity index (χ0n) is 12.3. The molecular weight excluding hydrogens is 314 g/mol. The van der Waals surface area contributed by atoms with E-state index in [0.717, 1.165) is 28.9 Å². The van der Waals surface area contributed by atoms with Crippen molar-refractivity contribution in [3.05, 3.63) is 34.3 Å². The second-order valence-electron chi connectivity index (χ2n) is 5.75. The van der Waals surface area contributed by atoms with Gasteiger partial charge in [0.1, 0.15) is 0 Å². The van der Waals surface area contributed by atoms with Gasteiger partial charge >= 0.3 is 0 Å². The highest BCUT2D eigenvalue weighted by atomic mass is 79.9. The maximum Gasteiger partial charge on any atom is 0.162 e. The molecule has 3 heteroatoms. The molecule has 1 saturated heterocycles. The van der Waals surface area contributed by atoms with Gasteiger partial charge in [-0.3, -0.25) is 4.79 Å². The fraction of sp³-hybridized carbons (Fsp3) is 0.588. The molecule has 0 N–H and O–H groups in total. The van der Waals surface area contributed by atoms with Crippen LogP contribution in [0, 0.1) is 5.92 Å². The van der Waals surface area contributed by atoms with E-state index in [2.05, 4.69) is 27.8 Å². The van der Waals surface area contributed by atoms with Crippen molar-refractivity contribution in [3.63, 3.8) is 0 Å². The second-order valence-corrected chi connectivity index (χ2v) is 6.67. The average Bonchev–Trinajstić information content (AvgIpc) is 2.48. The smallest absolute Gasteiger partial charge is 0.162 e. The number of ketones is 1. The standard InChI is InChI=1S/C17H24BrNO/c1-2-14-5-3-11-19(13-14)12-4-6-17(20)15-7-9-16(18)10-8-15/h7-10,14H,2-6,11-13H2,1H3. The Morgan fingerprint density at radius 3 is 2.80 bits per heavy atom. The Hall–Kier alpha value is -0.670. The minimum atomic E-state index is 0.265. The summed E-state index contributed by atoms with van der Waals surface area (Å²) in [4.78, 5) is 14.6. The molecule has 2 rings (SSSR count). The number of halogens is 1. The van der Waals surface area contributed by atoms with Crippen molar-refractivity contribution in [1.29, 1.82) is 0 Å². The highest BCUT2D eigenvalue weighted by Crippen LogP contribution is 2.19. The molecule has 0 saturated carbocycles. The summed E-state index contributed by atoms with van der Waals surface area (Å²) in [6.45, 7) is 5.79. The first kappa shape index (κ1) is 15.7. The second kappa shape index (κ2) is 7.94. The number of benzene rings is 1. The van der Waals surface area contributed by atoms with Crippen LogP contribution < -0.4 is 0 Å². The van der Waals surface area contributed by atoms with Gasteiger partial charge in [0.2, 0.25) is 0 Å². The SMILES string of the molecule is CCC1CCCN(CCCC(=O)c2ccc(Br)cc2)C1. The van der Waals surface area contributed by atoms with Gasteiger partial charge in [-0.2, -0.15) is 0 Å². The highest BCUT2D eigenvalue weighted by molar-refractivity contribution is 9.10. The lowest BCUT2D eigenvalue weighted by Crippen LogP contribution is -2.35. The lowest BCUT2D eigenvalue weighted by atomic mass is 9.95. The van der Waals surface area contributed by atoms with Crippen molar-refractivity contribution in [2.24, 2.45) is 5.92 Å². The third-order valence-corrected chi connectivity index (χ3v) is 4.75. The van der Waals surface area contributed by atoms with E-state index in [0.29, 0.717) is 6.42 Å². The normalized spacial score (nSPS) is 20.0. The number of nitrogens with zero attached hydrogens (tertiary/aromatic N) is 1. The van der Waals surface area contributed by atoms with Crippen molar-refractivity contribution >= 4 is 21.7 Å². The predicted molar refractivity (Wildman–Crippen MR) is 87.2 cm³/mol. The molecule has 1 aromatic rings. The molecule has 0 radical (unpaired) electrons. The van der Waals surface area contributed by atoms with Crippen LogP contribution in [0.1, 0.15) is 49.4 Å². The molecule has 1 heterocycles. The summed E-state index contributed by atoms with van der Waals surface area (Å²) < 4.78 is 1.02. The van der Waals surface area contributed by atoms with Crippen molar-refractivity contribution in [1.82, 2.24) is 4.90 Å². The van der Waals surface area contributed by atoms with Crippen LogP contribution in [0.15, 0.2) is 28.7 Å². The molecule has 1 aliphatic heterocycles. The van der Waals surface area contributed by atoms with Crippen LogP contribution in [0.2, 0.25) is 0 Å². The van der Waals surface area contributed by atoms with E-state index >= 15 is 0 Å². The molecule has 1 atom stereocenters. The van der Waals surface area contributed by atoms with E-state index in [9.17, 15) is 4.79 Å². The van der Waals surface area contributed by atoms with Gasteiger partial charge in [0.25, 0.3) is 0 Å². The molecule has 20 heavy (non-hydrogen) atoms. The van der Waals surface area contributed by atoms with E-state index in [1.54, 1.807) is 0 Å². The van der Waals surface area contributed by atoms with Gasteiger partial charge in [0.05, 0.1) is 0 Å². The van der Waals surface area contributed by atoms with Gasteiger partial charge in [0, 0.05) is 23.0 Å². The number of piperidine rings is 1. The molecule has 2 nitrogen and oxygen atoms in total. The molecule has 1 aliphatic rings. The van der Waals surface area contributed by atoms with E-state index in [4.69, 9.17) is 0 Å². The summed E-state index contributed by atoms with van der Waals surface area (Å²) in [5.74, 6) is 1.13. The molecule has 1 unspecified atom stereocenters. The lowest BCUT2D eigenvalue weighted by Gasteiger charge is -2.32. The monoisotopic (exact) mass is 337 g/mol. The predicted octanol–water partition coefficient (Wildman–Crippen LogP) is 4.53. The Kier molecular flexibility index (Phi) is 6.24. The van der Waals surface area contributed by atoms with Gasteiger partial charge in [0.15, 0.2) is 5.78 Å². The van der Waals surface area contributed by atoms with Crippen LogP contribution in [0.3, 0.4) is 0 Å². The van der Waals surface area contributed by atoms with E-state index < -0.39 is 0 Å². The Morgan fingerprint density at radius 1 is 1.35 bits per heavy atom. The van der Waals surface area contributed by atoms with Gasteiger partial charge in [-0.25, -0.2) is 0 Å². The summed E-state index contributed by atoms with van der Waals surface area (Å²) in [5, 5.41) is 0. The fourth-order valence-corrected chi connectivity index (χ4v) is 3.20. The van der Waals surface area contributed by atoms with Gasteiger partial charge in [-0.15, -0.1) is 0 Å². The number of likely N-dealkylation sites (tertiary alicyclic amines) is 1. The van der Waals surface area contributed by atoms with E-state index in [1.807, 2.05) is 24.3 Å². The minimum absolute atomic E-state index is 0.265. The molecule has 0 amide bonds. The maximum atomic E-state index is 12.1. The van der Waals surface area contributed by atoms with Crippen molar-refractivity contribution < 1.29 is 4.79 Å². The maximum absolute atomic E-state index is 12.1. The number of rotatable bonds is 6. The highest BCUT2D eigenvalue weighted by Gasteiger charge is 2.18. The van der Waals surface area contributed by atoms with Crippen molar-refractivity contribution in [2.75, 3.05) is 19.6 Å².